The molecule has 0 unspecified atom stereocenters. The number of benzene rings is 1. The number of nitrogens with one attached hydrogen (secondary N) is 2. The summed E-state index contributed by atoms with van der Waals surface area (Å²) in [4.78, 5) is 18.3. The van der Waals surface area contributed by atoms with E-state index in [1.54, 1.807) is 12.5 Å². The second-order valence-electron chi connectivity index (χ2n) is 4.09. The zero-order chi connectivity index (χ0) is 13.7. The predicted octanol–water partition coefficient (Wildman–Crippen LogP) is 1.59. The number of carbonyl (C=O) groups excluding carboxylic acids is 1. The Labute approximate surface area is 108 Å². The molecular weight excluding hydrogens is 252 g/mol. The Hall–Kier alpha value is -2.24. The zero-order valence-electron chi connectivity index (χ0n) is 10.1. The van der Waals surface area contributed by atoms with Gasteiger partial charge in [0.2, 0.25) is 5.91 Å². The number of hydrogen-bond acceptors (Lipinski definition) is 2. The van der Waals surface area contributed by atoms with E-state index in [0.29, 0.717) is 13.0 Å². The number of halogens is 2. The van der Waals surface area contributed by atoms with Crippen LogP contribution < -0.4 is 5.32 Å². The van der Waals surface area contributed by atoms with Crippen LogP contribution in [0.15, 0.2) is 30.7 Å². The van der Waals surface area contributed by atoms with Gasteiger partial charge in [0.25, 0.3) is 0 Å². The molecule has 0 aliphatic carbocycles. The monoisotopic (exact) mass is 265 g/mol. The number of hydrogen-bond donors (Lipinski definition) is 2. The smallest absolute Gasteiger partial charge is 0.224 e. The van der Waals surface area contributed by atoms with Crippen molar-refractivity contribution >= 4 is 5.91 Å². The van der Waals surface area contributed by atoms with E-state index in [-0.39, 0.29) is 17.9 Å². The van der Waals surface area contributed by atoms with Gasteiger partial charge in [0.15, 0.2) is 0 Å². The molecule has 1 heterocycles. The van der Waals surface area contributed by atoms with Gasteiger partial charge >= 0.3 is 0 Å². The highest BCUT2D eigenvalue weighted by molar-refractivity contribution is 5.78. The fourth-order valence-corrected chi connectivity index (χ4v) is 1.66. The minimum absolute atomic E-state index is 0.102. The summed E-state index contributed by atoms with van der Waals surface area (Å²) >= 11 is 0. The average Bonchev–Trinajstić information content (AvgIpc) is 2.86. The predicted molar refractivity (Wildman–Crippen MR) is 65.4 cm³/mol. The van der Waals surface area contributed by atoms with E-state index in [9.17, 15) is 13.6 Å². The maximum Gasteiger partial charge on any atom is 0.224 e. The first kappa shape index (κ1) is 13.2. The van der Waals surface area contributed by atoms with Crippen molar-refractivity contribution < 1.29 is 13.6 Å². The van der Waals surface area contributed by atoms with Crippen molar-refractivity contribution in [2.45, 2.75) is 12.8 Å². The fraction of sp³-hybridized carbons (Fsp3) is 0.231. The SMILES string of the molecule is O=C(Cc1ccc(F)cc1F)NCCc1cnc[nH]1. The lowest BCUT2D eigenvalue weighted by Gasteiger charge is -2.05. The quantitative estimate of drug-likeness (QED) is 0.862. The van der Waals surface area contributed by atoms with E-state index >= 15 is 0 Å². The highest BCUT2D eigenvalue weighted by Crippen LogP contribution is 2.09. The molecule has 19 heavy (non-hydrogen) atoms. The number of carbonyl (C=O) groups is 1. The number of nitrogens with zero attached hydrogens (tertiary/aromatic N) is 1. The number of rotatable bonds is 5. The van der Waals surface area contributed by atoms with E-state index in [2.05, 4.69) is 15.3 Å². The van der Waals surface area contributed by atoms with E-state index in [4.69, 9.17) is 0 Å². The number of amides is 1. The van der Waals surface area contributed by atoms with Gasteiger partial charge in [0.05, 0.1) is 12.7 Å². The molecule has 0 saturated carbocycles. The summed E-state index contributed by atoms with van der Waals surface area (Å²) in [5.74, 6) is -1.66. The number of aromatic amines is 1. The Morgan fingerprint density at radius 3 is 2.89 bits per heavy atom. The van der Waals surface area contributed by atoms with Crippen LogP contribution in [0.25, 0.3) is 0 Å². The van der Waals surface area contributed by atoms with Crippen LogP contribution in [0.3, 0.4) is 0 Å². The van der Waals surface area contributed by atoms with Crippen LogP contribution in [0, 0.1) is 11.6 Å². The van der Waals surface area contributed by atoms with Gasteiger partial charge in [0, 0.05) is 30.9 Å². The second kappa shape index (κ2) is 6.08. The molecule has 0 fully saturated rings. The van der Waals surface area contributed by atoms with Crippen LogP contribution in [0.2, 0.25) is 0 Å². The first-order valence-electron chi connectivity index (χ1n) is 5.83. The maximum absolute atomic E-state index is 13.3. The number of aromatic nitrogens is 2. The Bertz CT molecular complexity index is 555. The summed E-state index contributed by atoms with van der Waals surface area (Å²) in [6.07, 6.45) is 3.75. The van der Waals surface area contributed by atoms with Crippen molar-refractivity contribution in [3.63, 3.8) is 0 Å². The van der Waals surface area contributed by atoms with Crippen LogP contribution in [0.4, 0.5) is 8.78 Å². The number of H-pyrrole nitrogens is 1. The summed E-state index contributed by atoms with van der Waals surface area (Å²) in [6.45, 7) is 0.434. The van der Waals surface area contributed by atoms with Crippen molar-refractivity contribution in [2.75, 3.05) is 6.54 Å². The van der Waals surface area contributed by atoms with Gasteiger partial charge in [-0.05, 0) is 11.6 Å². The fourth-order valence-electron chi connectivity index (χ4n) is 1.66. The molecule has 0 aliphatic heterocycles. The third kappa shape index (κ3) is 3.87. The topological polar surface area (TPSA) is 57.8 Å². The highest BCUT2D eigenvalue weighted by Gasteiger charge is 2.08. The van der Waals surface area contributed by atoms with Crippen LogP contribution in [0.5, 0.6) is 0 Å². The molecule has 1 amide bonds. The summed E-state index contributed by atoms with van der Waals surface area (Å²) in [5, 5.41) is 2.66. The molecule has 0 aliphatic rings. The van der Waals surface area contributed by atoms with Crippen molar-refractivity contribution in [1.29, 1.82) is 0 Å². The Kier molecular flexibility index (Phi) is 4.22. The minimum Gasteiger partial charge on any atom is -0.355 e. The minimum atomic E-state index is -0.705. The summed E-state index contributed by atoms with van der Waals surface area (Å²) in [6, 6.07) is 3.18. The normalized spacial score (nSPS) is 10.4. The van der Waals surface area contributed by atoms with Gasteiger partial charge in [-0.15, -0.1) is 0 Å². The lowest BCUT2D eigenvalue weighted by atomic mass is 10.1. The largest absolute Gasteiger partial charge is 0.355 e. The van der Waals surface area contributed by atoms with Crippen LogP contribution in [0.1, 0.15) is 11.3 Å². The molecule has 0 radical (unpaired) electrons. The lowest BCUT2D eigenvalue weighted by Crippen LogP contribution is -2.27. The second-order valence-corrected chi connectivity index (χ2v) is 4.09. The first-order chi connectivity index (χ1) is 9.15. The summed E-state index contributed by atoms with van der Waals surface area (Å²) in [5.41, 5.74) is 1.09. The molecule has 4 nitrogen and oxygen atoms in total. The molecule has 0 bridgehead atoms. The van der Waals surface area contributed by atoms with E-state index in [1.807, 2.05) is 0 Å². The van der Waals surface area contributed by atoms with Gasteiger partial charge in [-0.1, -0.05) is 6.07 Å². The molecule has 1 aromatic carbocycles. The van der Waals surface area contributed by atoms with Crippen LogP contribution >= 0.6 is 0 Å². The number of imidazole rings is 1. The molecule has 0 saturated heterocycles. The van der Waals surface area contributed by atoms with Crippen LogP contribution in [-0.2, 0) is 17.6 Å². The molecule has 0 atom stereocenters. The third-order valence-electron chi connectivity index (χ3n) is 2.64. The van der Waals surface area contributed by atoms with E-state index in [1.165, 1.54) is 6.07 Å². The van der Waals surface area contributed by atoms with Crippen molar-refractivity contribution in [2.24, 2.45) is 0 Å². The molecule has 100 valence electrons. The highest BCUT2D eigenvalue weighted by atomic mass is 19.1. The molecule has 2 rings (SSSR count). The Morgan fingerprint density at radius 2 is 2.21 bits per heavy atom. The Balaban J connectivity index is 1.80. The van der Waals surface area contributed by atoms with Gasteiger partial charge in [-0.3, -0.25) is 4.79 Å². The maximum atomic E-state index is 13.3. The average molecular weight is 265 g/mol. The van der Waals surface area contributed by atoms with Gasteiger partial charge in [0.1, 0.15) is 11.6 Å². The first-order valence-corrected chi connectivity index (χ1v) is 5.83. The lowest BCUT2D eigenvalue weighted by molar-refractivity contribution is -0.120. The van der Waals surface area contributed by atoms with E-state index < -0.39 is 11.6 Å². The molecular formula is C13H13F2N3O. The van der Waals surface area contributed by atoms with Gasteiger partial charge in [-0.2, -0.15) is 0 Å². The molecule has 2 aromatic rings. The standard InChI is InChI=1S/C13H13F2N3O/c14-10-2-1-9(12(15)6-10)5-13(19)17-4-3-11-7-16-8-18-11/h1-2,6-8H,3-5H2,(H,16,18)(H,17,19). The Morgan fingerprint density at radius 1 is 1.37 bits per heavy atom. The molecule has 0 spiro atoms. The van der Waals surface area contributed by atoms with Crippen molar-refractivity contribution in [3.05, 3.63) is 53.6 Å². The van der Waals surface area contributed by atoms with Crippen LogP contribution in [-0.4, -0.2) is 22.4 Å². The molecule has 1 aromatic heterocycles. The van der Waals surface area contributed by atoms with Crippen molar-refractivity contribution in [3.8, 4) is 0 Å². The third-order valence-corrected chi connectivity index (χ3v) is 2.64. The van der Waals surface area contributed by atoms with Crippen molar-refractivity contribution in [1.82, 2.24) is 15.3 Å². The molecule has 2 N–H and O–H groups in total. The zero-order valence-corrected chi connectivity index (χ0v) is 10.1. The van der Waals surface area contributed by atoms with E-state index in [0.717, 1.165) is 17.8 Å². The van der Waals surface area contributed by atoms with Gasteiger partial charge < -0.3 is 10.3 Å². The molecule has 6 heteroatoms. The summed E-state index contributed by atoms with van der Waals surface area (Å²) in [7, 11) is 0. The summed E-state index contributed by atoms with van der Waals surface area (Å²) < 4.78 is 26.0. The van der Waals surface area contributed by atoms with Gasteiger partial charge in [-0.25, -0.2) is 13.8 Å².